The third-order valence-corrected chi connectivity index (χ3v) is 3.22. The van der Waals surface area contributed by atoms with Gasteiger partial charge in [0.2, 0.25) is 0 Å². The van der Waals surface area contributed by atoms with Gasteiger partial charge < -0.3 is 5.11 Å². The Morgan fingerprint density at radius 3 is 3.00 bits per heavy atom. The molecule has 5 heteroatoms. The highest BCUT2D eigenvalue weighted by Crippen LogP contribution is 2.26. The summed E-state index contributed by atoms with van der Waals surface area (Å²) in [5, 5.41) is 8.82. The zero-order chi connectivity index (χ0) is 10.8. The van der Waals surface area contributed by atoms with Crippen molar-refractivity contribution in [2.24, 2.45) is 4.99 Å². The average molecular weight is 225 g/mol. The molecule has 1 heterocycles. The molecule has 1 aliphatic rings. The average Bonchev–Trinajstić information content (AvgIpc) is 2.66. The Hall–Kier alpha value is -1.36. The van der Waals surface area contributed by atoms with Gasteiger partial charge in [-0.15, -0.1) is 0 Å². The Labute approximate surface area is 90.0 Å². The first kappa shape index (κ1) is 10.2. The first-order valence-corrected chi connectivity index (χ1v) is 5.24. The summed E-state index contributed by atoms with van der Waals surface area (Å²) in [5.41, 5.74) is 0.642. The van der Waals surface area contributed by atoms with Gasteiger partial charge in [-0.2, -0.15) is 0 Å². The molecule has 1 aromatic rings. The SMILES string of the molecule is O=C(O)C1CN=C(c2cccc(F)c2)S1. The molecule has 1 N–H and O–H groups in total. The fourth-order valence-corrected chi connectivity index (χ4v) is 2.22. The number of aliphatic carboxylic acids is 1. The number of carboxylic acid groups (broad SMARTS) is 1. The van der Waals surface area contributed by atoms with Crippen LogP contribution in [0.15, 0.2) is 29.3 Å². The molecule has 0 saturated carbocycles. The van der Waals surface area contributed by atoms with Crippen molar-refractivity contribution in [2.45, 2.75) is 5.25 Å². The predicted octanol–water partition coefficient (Wildman–Crippen LogP) is 1.77. The third kappa shape index (κ3) is 2.18. The molecule has 1 aliphatic heterocycles. The lowest BCUT2D eigenvalue weighted by Gasteiger charge is -2.02. The monoisotopic (exact) mass is 225 g/mol. The second-order valence-electron chi connectivity index (χ2n) is 3.10. The van der Waals surface area contributed by atoms with Crippen molar-refractivity contribution >= 4 is 22.8 Å². The molecule has 1 atom stereocenters. The van der Waals surface area contributed by atoms with Crippen LogP contribution in [0.2, 0.25) is 0 Å². The van der Waals surface area contributed by atoms with E-state index in [-0.39, 0.29) is 12.4 Å². The van der Waals surface area contributed by atoms with Gasteiger partial charge in [0.25, 0.3) is 0 Å². The zero-order valence-corrected chi connectivity index (χ0v) is 8.50. The molecule has 1 unspecified atom stereocenters. The third-order valence-electron chi connectivity index (χ3n) is 2.00. The van der Waals surface area contributed by atoms with E-state index in [9.17, 15) is 9.18 Å². The number of benzene rings is 1. The van der Waals surface area contributed by atoms with E-state index < -0.39 is 11.2 Å². The Kier molecular flexibility index (Phi) is 2.73. The number of carbonyl (C=O) groups is 1. The molecule has 0 bridgehead atoms. The molecule has 0 radical (unpaired) electrons. The predicted molar refractivity (Wildman–Crippen MR) is 56.8 cm³/mol. The van der Waals surface area contributed by atoms with Crippen LogP contribution in [0.1, 0.15) is 5.56 Å². The van der Waals surface area contributed by atoms with Crippen LogP contribution in [-0.2, 0) is 4.79 Å². The van der Waals surface area contributed by atoms with E-state index in [2.05, 4.69) is 4.99 Å². The van der Waals surface area contributed by atoms with Crippen molar-refractivity contribution < 1.29 is 14.3 Å². The molecule has 0 aliphatic carbocycles. The summed E-state index contributed by atoms with van der Waals surface area (Å²) in [6.07, 6.45) is 0. The zero-order valence-electron chi connectivity index (χ0n) is 7.68. The van der Waals surface area contributed by atoms with E-state index in [1.165, 1.54) is 12.1 Å². The molecule has 0 saturated heterocycles. The van der Waals surface area contributed by atoms with Gasteiger partial charge in [0.05, 0.1) is 11.6 Å². The molecule has 1 aromatic carbocycles. The van der Waals surface area contributed by atoms with Gasteiger partial charge in [0.1, 0.15) is 11.1 Å². The molecule has 2 rings (SSSR count). The number of aliphatic imine (C=N–C) groups is 1. The van der Waals surface area contributed by atoms with Gasteiger partial charge in [-0.3, -0.25) is 9.79 Å². The highest BCUT2D eigenvalue weighted by Gasteiger charge is 2.26. The van der Waals surface area contributed by atoms with Crippen LogP contribution >= 0.6 is 11.8 Å². The van der Waals surface area contributed by atoms with E-state index in [0.29, 0.717) is 10.6 Å². The number of carboxylic acids is 1. The van der Waals surface area contributed by atoms with Crippen molar-refractivity contribution in [3.63, 3.8) is 0 Å². The summed E-state index contributed by atoms with van der Waals surface area (Å²) >= 11 is 1.16. The smallest absolute Gasteiger partial charge is 0.318 e. The lowest BCUT2D eigenvalue weighted by Crippen LogP contribution is -2.16. The maximum atomic E-state index is 12.9. The Morgan fingerprint density at radius 2 is 2.40 bits per heavy atom. The van der Waals surface area contributed by atoms with Gasteiger partial charge in [0.15, 0.2) is 0 Å². The molecule has 3 nitrogen and oxygen atoms in total. The fraction of sp³-hybridized carbons (Fsp3) is 0.200. The van der Waals surface area contributed by atoms with Crippen molar-refractivity contribution in [2.75, 3.05) is 6.54 Å². The normalized spacial score (nSPS) is 20.1. The van der Waals surface area contributed by atoms with Crippen LogP contribution < -0.4 is 0 Å². The summed E-state index contributed by atoms with van der Waals surface area (Å²) in [5.74, 6) is -1.22. The minimum atomic E-state index is -0.879. The van der Waals surface area contributed by atoms with E-state index in [1.54, 1.807) is 12.1 Å². The molecular weight excluding hydrogens is 217 g/mol. The number of thioether (sulfide) groups is 1. The molecule has 15 heavy (non-hydrogen) atoms. The first-order valence-electron chi connectivity index (χ1n) is 4.36. The molecule has 0 fully saturated rings. The fourth-order valence-electron chi connectivity index (χ4n) is 1.28. The maximum Gasteiger partial charge on any atom is 0.318 e. The maximum absolute atomic E-state index is 12.9. The summed E-state index contributed by atoms with van der Waals surface area (Å²) < 4.78 is 12.9. The van der Waals surface area contributed by atoms with Gasteiger partial charge >= 0.3 is 5.97 Å². The van der Waals surface area contributed by atoms with Crippen LogP contribution in [0.3, 0.4) is 0 Å². The topological polar surface area (TPSA) is 49.7 Å². The lowest BCUT2D eigenvalue weighted by atomic mass is 10.2. The van der Waals surface area contributed by atoms with Crippen LogP contribution in [0.4, 0.5) is 4.39 Å². The number of hydrogen-bond acceptors (Lipinski definition) is 3. The Morgan fingerprint density at radius 1 is 1.60 bits per heavy atom. The summed E-state index contributed by atoms with van der Waals surface area (Å²) in [6.45, 7) is 0.256. The van der Waals surface area contributed by atoms with Gasteiger partial charge in [-0.05, 0) is 12.1 Å². The molecule has 0 amide bonds. The van der Waals surface area contributed by atoms with Crippen molar-refractivity contribution in [3.8, 4) is 0 Å². The van der Waals surface area contributed by atoms with E-state index in [0.717, 1.165) is 11.8 Å². The Bertz CT molecular complexity index is 433. The number of hydrogen-bond donors (Lipinski definition) is 1. The summed E-state index contributed by atoms with van der Waals surface area (Å²) in [4.78, 5) is 14.8. The largest absolute Gasteiger partial charge is 0.480 e. The van der Waals surface area contributed by atoms with E-state index in [1.807, 2.05) is 0 Å². The van der Waals surface area contributed by atoms with Gasteiger partial charge in [-0.25, -0.2) is 4.39 Å². The van der Waals surface area contributed by atoms with E-state index in [4.69, 9.17) is 5.11 Å². The molecular formula is C10H8FNO2S. The minimum absolute atomic E-state index is 0.256. The number of halogens is 1. The molecule has 78 valence electrons. The quantitative estimate of drug-likeness (QED) is 0.834. The second-order valence-corrected chi connectivity index (χ2v) is 4.29. The van der Waals surface area contributed by atoms with Gasteiger partial charge in [-0.1, -0.05) is 23.9 Å². The lowest BCUT2D eigenvalue weighted by molar-refractivity contribution is -0.136. The highest BCUT2D eigenvalue weighted by atomic mass is 32.2. The van der Waals surface area contributed by atoms with Crippen LogP contribution in [-0.4, -0.2) is 27.9 Å². The van der Waals surface area contributed by atoms with Crippen LogP contribution in [0.25, 0.3) is 0 Å². The summed E-state index contributed by atoms with van der Waals surface area (Å²) in [6, 6.07) is 6.01. The number of rotatable bonds is 2. The molecule has 0 aromatic heterocycles. The minimum Gasteiger partial charge on any atom is -0.480 e. The van der Waals surface area contributed by atoms with Crippen molar-refractivity contribution in [3.05, 3.63) is 35.6 Å². The molecule has 0 spiro atoms. The van der Waals surface area contributed by atoms with Crippen LogP contribution in [0.5, 0.6) is 0 Å². The van der Waals surface area contributed by atoms with Gasteiger partial charge in [0, 0.05) is 5.56 Å². The first-order chi connectivity index (χ1) is 7.16. The number of nitrogens with zero attached hydrogens (tertiary/aromatic N) is 1. The Balaban J connectivity index is 2.17. The summed E-state index contributed by atoms with van der Waals surface area (Å²) in [7, 11) is 0. The second kappa shape index (κ2) is 4.02. The standard InChI is InChI=1S/C10H8FNO2S/c11-7-3-1-2-6(4-7)9-12-5-8(15-9)10(13)14/h1-4,8H,5H2,(H,13,14). The van der Waals surface area contributed by atoms with Crippen molar-refractivity contribution in [1.82, 2.24) is 0 Å². The van der Waals surface area contributed by atoms with Crippen molar-refractivity contribution in [1.29, 1.82) is 0 Å². The highest BCUT2D eigenvalue weighted by molar-refractivity contribution is 8.15. The van der Waals surface area contributed by atoms with E-state index >= 15 is 0 Å². The van der Waals surface area contributed by atoms with Crippen LogP contribution in [0, 0.1) is 5.82 Å².